The molecule has 1 N–H and O–H groups in total. The third kappa shape index (κ3) is 3.68. The van der Waals surface area contributed by atoms with Crippen molar-refractivity contribution in [3.8, 4) is 0 Å². The Balaban J connectivity index is 2.29. The van der Waals surface area contributed by atoms with Crippen molar-refractivity contribution in [1.29, 1.82) is 0 Å². The number of hydrogen-bond donors (Lipinski definition) is 1. The van der Waals surface area contributed by atoms with Crippen LogP contribution in [-0.4, -0.2) is 36.5 Å². The van der Waals surface area contributed by atoms with Crippen LogP contribution >= 0.6 is 11.3 Å². The van der Waals surface area contributed by atoms with Gasteiger partial charge in [0, 0.05) is 11.0 Å². The van der Waals surface area contributed by atoms with Gasteiger partial charge in [-0.15, -0.1) is 11.3 Å². The first-order valence-corrected chi connectivity index (χ1v) is 11.7. The maximum Gasteiger partial charge on any atom is 0.337 e. The van der Waals surface area contributed by atoms with Crippen LogP contribution in [0.1, 0.15) is 15.9 Å². The Morgan fingerprint density at radius 2 is 1.89 bits per heavy atom. The van der Waals surface area contributed by atoms with Gasteiger partial charge in [-0.2, -0.15) is 0 Å². The summed E-state index contributed by atoms with van der Waals surface area (Å²) in [4.78, 5) is 11.6. The van der Waals surface area contributed by atoms with E-state index in [2.05, 4.69) is 4.74 Å². The summed E-state index contributed by atoms with van der Waals surface area (Å²) in [7, 11) is -2.63. The minimum atomic E-state index is -3.82. The number of hydrogen-bond acceptors (Lipinski definition) is 6. The lowest BCUT2D eigenvalue weighted by Gasteiger charge is -2.22. The van der Waals surface area contributed by atoms with Crippen LogP contribution in [0.25, 0.3) is 10.1 Å². The number of anilines is 2. The number of rotatable bonds is 5. The third-order valence-electron chi connectivity index (χ3n) is 4.16. The Morgan fingerprint density at radius 3 is 2.46 bits per heavy atom. The number of ether oxygens (including phenoxy) is 1. The van der Waals surface area contributed by atoms with Gasteiger partial charge in [0.25, 0.3) is 11.3 Å². The first-order valence-electron chi connectivity index (χ1n) is 7.96. The van der Waals surface area contributed by atoms with Crippen molar-refractivity contribution in [3.05, 3.63) is 53.6 Å². The van der Waals surface area contributed by atoms with Crippen LogP contribution in [-0.2, 0) is 25.8 Å². The van der Waals surface area contributed by atoms with Crippen LogP contribution in [0.3, 0.4) is 0 Å². The molecule has 0 aliphatic heterocycles. The molecule has 2 aromatic carbocycles. The lowest BCUT2D eigenvalue weighted by atomic mass is 10.2. The average molecular weight is 440 g/mol. The van der Waals surface area contributed by atoms with E-state index in [9.17, 15) is 22.0 Å². The Bertz CT molecular complexity index is 1200. The number of carbonyl (C=O) groups is 1. The van der Waals surface area contributed by atoms with Gasteiger partial charge in [-0.3, -0.25) is 4.55 Å². The van der Waals surface area contributed by atoms with E-state index in [-0.39, 0.29) is 16.1 Å². The largest absolute Gasteiger partial charge is 0.465 e. The molecule has 0 fully saturated rings. The van der Waals surface area contributed by atoms with Crippen LogP contribution in [0.2, 0.25) is 0 Å². The zero-order valence-electron chi connectivity index (χ0n) is 15.2. The highest BCUT2D eigenvalue weighted by Crippen LogP contribution is 2.43. The maximum atomic E-state index is 12.4. The first kappa shape index (κ1) is 20.5. The number of esters is 1. The Hall–Kier alpha value is -2.27. The molecule has 0 aliphatic carbocycles. The number of fused-ring (bicyclic) bond motifs is 1. The average Bonchev–Trinajstić information content (AvgIpc) is 2.97. The quantitative estimate of drug-likeness (QED) is 0.481. The fourth-order valence-electron chi connectivity index (χ4n) is 2.84. The van der Waals surface area contributed by atoms with E-state index in [0.29, 0.717) is 5.00 Å². The molecule has 10 heteroatoms. The van der Waals surface area contributed by atoms with E-state index in [1.165, 1.54) is 30.6 Å². The second-order valence-corrected chi connectivity index (χ2v) is 9.84. The maximum absolute atomic E-state index is 12.4. The molecule has 1 heterocycles. The van der Waals surface area contributed by atoms with Crippen LogP contribution in [0, 0.1) is 6.92 Å². The van der Waals surface area contributed by atoms with Gasteiger partial charge in [0.1, 0.15) is 5.00 Å². The number of methoxy groups -OCH3 is 1. The van der Waals surface area contributed by atoms with Crippen molar-refractivity contribution in [2.45, 2.75) is 11.8 Å². The molecule has 1 atom stereocenters. The summed E-state index contributed by atoms with van der Waals surface area (Å²) in [6, 6.07) is 11.3. The molecule has 0 aliphatic rings. The zero-order chi connectivity index (χ0) is 20.6. The van der Waals surface area contributed by atoms with Gasteiger partial charge in [0.05, 0.1) is 23.3 Å². The zero-order valence-corrected chi connectivity index (χ0v) is 17.7. The third-order valence-corrected chi connectivity index (χ3v) is 7.35. The summed E-state index contributed by atoms with van der Waals surface area (Å²) < 4.78 is 53.6. The number of benzene rings is 2. The molecular formula is C18H17NO6S3. The molecule has 0 radical (unpaired) electrons. The van der Waals surface area contributed by atoms with E-state index in [1.807, 2.05) is 24.3 Å². The van der Waals surface area contributed by atoms with E-state index in [4.69, 9.17) is 0 Å². The summed E-state index contributed by atoms with van der Waals surface area (Å²) in [5.74, 6) is -0.703. The minimum absolute atomic E-state index is 0.00522. The van der Waals surface area contributed by atoms with Crippen molar-refractivity contribution in [2.24, 2.45) is 0 Å². The molecule has 1 unspecified atom stereocenters. The summed E-state index contributed by atoms with van der Waals surface area (Å²) in [5, 5.41) is 1.35. The highest BCUT2D eigenvalue weighted by atomic mass is 32.2. The van der Waals surface area contributed by atoms with E-state index >= 15 is 0 Å². The van der Waals surface area contributed by atoms with Crippen molar-refractivity contribution in [2.75, 3.05) is 17.7 Å². The topological polar surface area (TPSA) is 101 Å². The number of aryl methyl sites for hydroxylation is 1. The summed E-state index contributed by atoms with van der Waals surface area (Å²) in [6.45, 7) is 1.80. The Labute approximate surface area is 168 Å². The summed E-state index contributed by atoms with van der Waals surface area (Å²) >= 11 is -1.27. The van der Waals surface area contributed by atoms with Crippen LogP contribution < -0.4 is 4.31 Å². The van der Waals surface area contributed by atoms with Crippen molar-refractivity contribution < 1.29 is 26.7 Å². The summed E-state index contributed by atoms with van der Waals surface area (Å²) in [5.41, 5.74) is 0.786. The standard InChI is InChI=1S/C18H17NO6S3/c1-11-13-6-4-5-7-15(13)26-17(11)19(27(21)22)14-9-8-12(18(20)25-2)10-16(14)28(3,23)24/h4-10H,1-3H3,(H,21,22). The SMILES string of the molecule is COC(=O)c1ccc(N(c2sc3ccccc3c2C)S(=O)O)c(S(C)(=O)=O)c1. The normalized spacial score (nSPS) is 12.7. The molecule has 0 amide bonds. The number of nitrogens with zero attached hydrogens (tertiary/aromatic N) is 1. The number of sulfone groups is 1. The van der Waals surface area contributed by atoms with Crippen molar-refractivity contribution in [1.82, 2.24) is 0 Å². The molecule has 7 nitrogen and oxygen atoms in total. The molecule has 0 spiro atoms. The van der Waals surface area contributed by atoms with E-state index in [0.717, 1.165) is 32.3 Å². The highest BCUT2D eigenvalue weighted by Gasteiger charge is 2.27. The molecular weight excluding hydrogens is 422 g/mol. The van der Waals surface area contributed by atoms with Gasteiger partial charge in [0.2, 0.25) is 0 Å². The number of thiophene rings is 1. The van der Waals surface area contributed by atoms with Gasteiger partial charge in [-0.1, -0.05) is 18.2 Å². The van der Waals surface area contributed by atoms with E-state index in [1.54, 1.807) is 6.92 Å². The van der Waals surface area contributed by atoms with Gasteiger partial charge < -0.3 is 4.74 Å². The predicted molar refractivity (Wildman–Crippen MR) is 110 cm³/mol. The molecule has 3 rings (SSSR count). The minimum Gasteiger partial charge on any atom is -0.465 e. The predicted octanol–water partition coefficient (Wildman–Crippen LogP) is 3.67. The van der Waals surface area contributed by atoms with Crippen LogP contribution in [0.5, 0.6) is 0 Å². The molecule has 0 saturated carbocycles. The highest BCUT2D eigenvalue weighted by molar-refractivity contribution is 7.91. The Kier molecular flexibility index (Phi) is 5.57. The molecule has 1 aromatic heterocycles. The fourth-order valence-corrected chi connectivity index (χ4v) is 5.82. The second-order valence-electron chi connectivity index (χ2n) is 6.00. The van der Waals surface area contributed by atoms with Gasteiger partial charge in [-0.05, 0) is 42.1 Å². The van der Waals surface area contributed by atoms with Gasteiger partial charge in [0.15, 0.2) is 9.84 Å². The van der Waals surface area contributed by atoms with Crippen molar-refractivity contribution in [3.63, 3.8) is 0 Å². The van der Waals surface area contributed by atoms with Gasteiger partial charge in [-0.25, -0.2) is 21.7 Å². The lowest BCUT2D eigenvalue weighted by Crippen LogP contribution is -2.21. The number of carbonyl (C=O) groups excluding carboxylic acids is 1. The van der Waals surface area contributed by atoms with Crippen LogP contribution in [0.15, 0.2) is 47.4 Å². The Morgan fingerprint density at radius 1 is 1.21 bits per heavy atom. The van der Waals surface area contributed by atoms with E-state index < -0.39 is 27.1 Å². The summed E-state index contributed by atoms with van der Waals surface area (Å²) in [6.07, 6.45) is 0.975. The smallest absolute Gasteiger partial charge is 0.337 e. The van der Waals surface area contributed by atoms with Gasteiger partial charge >= 0.3 is 5.97 Å². The first-order chi connectivity index (χ1) is 13.1. The lowest BCUT2D eigenvalue weighted by molar-refractivity contribution is 0.0600. The molecule has 148 valence electrons. The fraction of sp³-hybridized carbons (Fsp3) is 0.167. The molecule has 28 heavy (non-hydrogen) atoms. The molecule has 0 saturated heterocycles. The molecule has 0 bridgehead atoms. The molecule has 3 aromatic rings. The monoisotopic (exact) mass is 439 g/mol. The second kappa shape index (κ2) is 7.63. The van der Waals surface area contributed by atoms with Crippen LogP contribution in [0.4, 0.5) is 10.7 Å². The van der Waals surface area contributed by atoms with Crippen molar-refractivity contribution >= 4 is 59.2 Å².